The van der Waals surface area contributed by atoms with Gasteiger partial charge in [0.15, 0.2) is 0 Å². The highest BCUT2D eigenvalue weighted by molar-refractivity contribution is 5.53. The smallest absolute Gasteiger partial charge is 0.138 e. The summed E-state index contributed by atoms with van der Waals surface area (Å²) in [5, 5.41) is 0. The molecule has 1 aromatic carbocycles. The summed E-state index contributed by atoms with van der Waals surface area (Å²) in [6, 6.07) is 14.6. The van der Waals surface area contributed by atoms with Crippen molar-refractivity contribution in [3.8, 4) is 0 Å². The number of imidazole rings is 1. The Morgan fingerprint density at radius 2 is 1.90 bits per heavy atom. The number of rotatable bonds is 3. The number of nitrogen functional groups attached to an aromatic ring is 1. The molecule has 2 aromatic heterocycles. The number of benzene rings is 1. The normalized spacial score (nSPS) is 12.7. The van der Waals surface area contributed by atoms with Crippen molar-refractivity contribution in [2.45, 2.75) is 26.2 Å². The molecule has 102 valence electrons. The van der Waals surface area contributed by atoms with Crippen molar-refractivity contribution >= 4 is 11.5 Å². The molecule has 0 radical (unpaired) electrons. The number of anilines is 1. The minimum Gasteiger partial charge on any atom is -0.383 e. The van der Waals surface area contributed by atoms with Crippen LogP contribution in [-0.2, 0) is 6.42 Å². The Hall–Kier alpha value is -2.29. The van der Waals surface area contributed by atoms with E-state index < -0.39 is 0 Å². The highest BCUT2D eigenvalue weighted by Gasteiger charge is 2.13. The molecule has 2 heterocycles. The van der Waals surface area contributed by atoms with Gasteiger partial charge >= 0.3 is 0 Å². The number of aromatic nitrogens is 2. The van der Waals surface area contributed by atoms with Crippen LogP contribution in [0.15, 0.2) is 48.7 Å². The zero-order valence-corrected chi connectivity index (χ0v) is 11.9. The minimum atomic E-state index is 0.407. The molecule has 1 atom stereocenters. The molecule has 0 aliphatic heterocycles. The molecular formula is C17H19N3. The van der Waals surface area contributed by atoms with Crippen LogP contribution < -0.4 is 5.73 Å². The fourth-order valence-electron chi connectivity index (χ4n) is 2.56. The lowest BCUT2D eigenvalue weighted by Crippen LogP contribution is -2.02. The Kier molecular flexibility index (Phi) is 3.18. The van der Waals surface area contributed by atoms with Gasteiger partial charge in [-0.25, -0.2) is 4.98 Å². The van der Waals surface area contributed by atoms with Gasteiger partial charge in [-0.1, -0.05) is 43.3 Å². The first-order valence-corrected chi connectivity index (χ1v) is 6.93. The Labute approximate surface area is 119 Å². The summed E-state index contributed by atoms with van der Waals surface area (Å²) in [7, 11) is 0. The second kappa shape index (κ2) is 5.00. The van der Waals surface area contributed by atoms with Gasteiger partial charge in [-0.3, -0.25) is 4.40 Å². The van der Waals surface area contributed by atoms with E-state index >= 15 is 0 Å². The number of nitrogens with two attached hydrogens (primary N) is 1. The molecule has 0 amide bonds. The monoisotopic (exact) mass is 265 g/mol. The summed E-state index contributed by atoms with van der Waals surface area (Å²) in [5.74, 6) is 1.16. The second-order valence-corrected chi connectivity index (χ2v) is 5.39. The molecule has 0 saturated heterocycles. The topological polar surface area (TPSA) is 43.3 Å². The van der Waals surface area contributed by atoms with E-state index in [9.17, 15) is 0 Å². The predicted octanol–water partition coefficient (Wildman–Crippen LogP) is 3.57. The van der Waals surface area contributed by atoms with E-state index in [2.05, 4.69) is 49.2 Å². The van der Waals surface area contributed by atoms with Gasteiger partial charge in [-0.05, 0) is 30.0 Å². The van der Waals surface area contributed by atoms with Gasteiger partial charge < -0.3 is 5.73 Å². The van der Waals surface area contributed by atoms with Crippen LogP contribution in [0.25, 0.3) is 5.65 Å². The van der Waals surface area contributed by atoms with Gasteiger partial charge in [0.1, 0.15) is 11.5 Å². The maximum atomic E-state index is 6.23. The summed E-state index contributed by atoms with van der Waals surface area (Å²) in [6.07, 6.45) is 2.89. The van der Waals surface area contributed by atoms with Gasteiger partial charge in [-0.15, -0.1) is 0 Å². The zero-order chi connectivity index (χ0) is 14.1. The van der Waals surface area contributed by atoms with E-state index in [1.54, 1.807) is 0 Å². The molecule has 0 aliphatic carbocycles. The van der Waals surface area contributed by atoms with Gasteiger partial charge in [0.05, 0.1) is 5.69 Å². The fourth-order valence-corrected chi connectivity index (χ4v) is 2.56. The number of hydrogen-bond acceptors (Lipinski definition) is 2. The van der Waals surface area contributed by atoms with Crippen molar-refractivity contribution < 1.29 is 0 Å². The van der Waals surface area contributed by atoms with Gasteiger partial charge in [-0.2, -0.15) is 0 Å². The van der Waals surface area contributed by atoms with E-state index in [1.807, 2.05) is 22.7 Å². The molecule has 3 heteroatoms. The van der Waals surface area contributed by atoms with Crippen LogP contribution in [0.1, 0.15) is 29.7 Å². The summed E-state index contributed by atoms with van der Waals surface area (Å²) in [5.41, 5.74) is 10.6. The molecule has 3 aromatic rings. The van der Waals surface area contributed by atoms with Gasteiger partial charge in [0.25, 0.3) is 0 Å². The van der Waals surface area contributed by atoms with E-state index in [-0.39, 0.29) is 0 Å². The number of aryl methyl sites for hydroxylation is 1. The summed E-state index contributed by atoms with van der Waals surface area (Å²) >= 11 is 0. The predicted molar refractivity (Wildman–Crippen MR) is 82.9 cm³/mol. The lowest BCUT2D eigenvalue weighted by atomic mass is 9.96. The van der Waals surface area contributed by atoms with Crippen LogP contribution in [0.4, 0.5) is 5.82 Å². The maximum absolute atomic E-state index is 6.23. The van der Waals surface area contributed by atoms with Crippen LogP contribution in [0.3, 0.4) is 0 Å². The Balaban J connectivity index is 1.93. The quantitative estimate of drug-likeness (QED) is 0.786. The van der Waals surface area contributed by atoms with Gasteiger partial charge in [0, 0.05) is 12.6 Å². The number of pyridine rings is 1. The van der Waals surface area contributed by atoms with Crippen molar-refractivity contribution in [1.82, 2.24) is 9.38 Å². The molecule has 20 heavy (non-hydrogen) atoms. The molecule has 0 bridgehead atoms. The van der Waals surface area contributed by atoms with Crippen molar-refractivity contribution in [3.05, 3.63) is 65.5 Å². The van der Waals surface area contributed by atoms with E-state index in [4.69, 9.17) is 5.73 Å². The zero-order valence-electron chi connectivity index (χ0n) is 11.9. The van der Waals surface area contributed by atoms with Crippen molar-refractivity contribution in [3.63, 3.8) is 0 Å². The standard InChI is InChI=1S/C17H19N3/c1-12-8-9-16-19-15(17(18)20(16)11-12)10-13(2)14-6-4-3-5-7-14/h3-9,11,13H,10,18H2,1-2H3. The third-order valence-electron chi connectivity index (χ3n) is 3.75. The Bertz CT molecular complexity index is 729. The molecule has 3 rings (SSSR count). The first-order valence-electron chi connectivity index (χ1n) is 6.93. The summed E-state index contributed by atoms with van der Waals surface area (Å²) in [6.45, 7) is 4.27. The van der Waals surface area contributed by atoms with Crippen LogP contribution in [0, 0.1) is 6.92 Å². The molecular weight excluding hydrogens is 246 g/mol. The van der Waals surface area contributed by atoms with Crippen molar-refractivity contribution in [2.75, 3.05) is 5.73 Å². The van der Waals surface area contributed by atoms with Crippen LogP contribution in [-0.4, -0.2) is 9.38 Å². The lowest BCUT2D eigenvalue weighted by molar-refractivity contribution is 0.747. The number of nitrogens with zero attached hydrogens (tertiary/aromatic N) is 2. The molecule has 0 fully saturated rings. The second-order valence-electron chi connectivity index (χ2n) is 5.39. The SMILES string of the molecule is Cc1ccc2nc(CC(C)c3ccccc3)c(N)n2c1. The first-order chi connectivity index (χ1) is 9.65. The third-order valence-corrected chi connectivity index (χ3v) is 3.75. The fraction of sp³-hybridized carbons (Fsp3) is 0.235. The average Bonchev–Trinajstić information content (AvgIpc) is 2.76. The van der Waals surface area contributed by atoms with Crippen molar-refractivity contribution in [1.29, 1.82) is 0 Å². The maximum Gasteiger partial charge on any atom is 0.138 e. The molecule has 1 unspecified atom stereocenters. The third kappa shape index (κ3) is 2.27. The number of hydrogen-bond donors (Lipinski definition) is 1. The number of fused-ring (bicyclic) bond motifs is 1. The van der Waals surface area contributed by atoms with Gasteiger partial charge in [0.2, 0.25) is 0 Å². The van der Waals surface area contributed by atoms with E-state index in [1.165, 1.54) is 11.1 Å². The first kappa shape index (κ1) is 12.7. The highest BCUT2D eigenvalue weighted by atomic mass is 15.1. The summed E-state index contributed by atoms with van der Waals surface area (Å²) < 4.78 is 1.97. The lowest BCUT2D eigenvalue weighted by Gasteiger charge is -2.10. The largest absolute Gasteiger partial charge is 0.383 e. The highest BCUT2D eigenvalue weighted by Crippen LogP contribution is 2.24. The molecule has 2 N–H and O–H groups in total. The average molecular weight is 265 g/mol. The minimum absolute atomic E-state index is 0.407. The summed E-state index contributed by atoms with van der Waals surface area (Å²) in [4.78, 5) is 4.66. The van der Waals surface area contributed by atoms with Crippen LogP contribution in [0.5, 0.6) is 0 Å². The molecule has 0 saturated carbocycles. The molecule has 3 nitrogen and oxygen atoms in total. The Morgan fingerprint density at radius 1 is 1.15 bits per heavy atom. The van der Waals surface area contributed by atoms with E-state index in [0.29, 0.717) is 5.92 Å². The van der Waals surface area contributed by atoms with Crippen LogP contribution >= 0.6 is 0 Å². The Morgan fingerprint density at radius 3 is 2.65 bits per heavy atom. The van der Waals surface area contributed by atoms with Crippen LogP contribution in [0.2, 0.25) is 0 Å². The van der Waals surface area contributed by atoms with Crippen molar-refractivity contribution in [2.24, 2.45) is 0 Å². The molecule has 0 aliphatic rings. The van der Waals surface area contributed by atoms with E-state index in [0.717, 1.165) is 23.6 Å². The molecule has 0 spiro atoms.